The van der Waals surface area contributed by atoms with E-state index in [0.29, 0.717) is 24.5 Å². The summed E-state index contributed by atoms with van der Waals surface area (Å²) in [5.74, 6) is -0.305. The highest BCUT2D eigenvalue weighted by molar-refractivity contribution is 6.35. The van der Waals surface area contributed by atoms with Gasteiger partial charge in [-0.15, -0.1) is 0 Å². The van der Waals surface area contributed by atoms with Gasteiger partial charge in [-0.3, -0.25) is 9.59 Å². The van der Waals surface area contributed by atoms with Crippen molar-refractivity contribution in [1.29, 1.82) is 0 Å². The molecule has 0 atom stereocenters. The summed E-state index contributed by atoms with van der Waals surface area (Å²) in [6.45, 7) is 0.310. The van der Waals surface area contributed by atoms with E-state index >= 15 is 0 Å². The number of hydrogen-bond acceptors (Lipinski definition) is 5. The Bertz CT molecular complexity index is 776. The number of benzene rings is 2. The Hall–Kier alpha value is -3.35. The Kier molecular flexibility index (Phi) is 7.17. The minimum atomic E-state index is -0.815. The van der Waals surface area contributed by atoms with Gasteiger partial charge in [0.25, 0.3) is 0 Å². The lowest BCUT2D eigenvalue weighted by molar-refractivity contribution is -0.139. The Morgan fingerprint density at radius 3 is 2.42 bits per heavy atom. The van der Waals surface area contributed by atoms with Gasteiger partial charge in [0.15, 0.2) is 11.5 Å². The second-order valence-corrected chi connectivity index (χ2v) is 5.31. The standard InChI is InChI=1S/C19H21N3O4/c1-25-16-9-8-14(12-17(16)26-2)10-11-20-18(23)19(24)22-21-13-15-6-4-3-5-7-15/h3-9,12-13H,10-11H2,1-2H3,(H,20,23)(H,22,24)/b21-13-. The van der Waals surface area contributed by atoms with Crippen LogP contribution in [0.25, 0.3) is 0 Å². The SMILES string of the molecule is COc1ccc(CCNC(=O)C(=O)N/N=C\c2ccccc2)cc1OC. The molecule has 2 aromatic carbocycles. The topological polar surface area (TPSA) is 89.0 Å². The first-order valence-corrected chi connectivity index (χ1v) is 8.01. The van der Waals surface area contributed by atoms with E-state index in [-0.39, 0.29) is 0 Å². The highest BCUT2D eigenvalue weighted by Gasteiger charge is 2.12. The number of amides is 2. The van der Waals surface area contributed by atoms with Crippen molar-refractivity contribution in [2.24, 2.45) is 5.10 Å². The fourth-order valence-corrected chi connectivity index (χ4v) is 2.19. The number of hydrogen-bond donors (Lipinski definition) is 2. The van der Waals surface area contributed by atoms with Gasteiger partial charge in [-0.1, -0.05) is 36.4 Å². The lowest BCUT2D eigenvalue weighted by atomic mass is 10.1. The molecule has 0 fully saturated rings. The lowest BCUT2D eigenvalue weighted by Crippen LogP contribution is -2.38. The highest BCUT2D eigenvalue weighted by atomic mass is 16.5. The fraction of sp³-hybridized carbons (Fsp3) is 0.211. The average Bonchev–Trinajstić information content (AvgIpc) is 2.68. The number of carbonyl (C=O) groups excluding carboxylic acids is 2. The van der Waals surface area contributed by atoms with Gasteiger partial charge in [0.2, 0.25) is 0 Å². The van der Waals surface area contributed by atoms with E-state index in [0.717, 1.165) is 11.1 Å². The van der Waals surface area contributed by atoms with Crippen LogP contribution in [0.4, 0.5) is 0 Å². The van der Waals surface area contributed by atoms with Gasteiger partial charge in [0.1, 0.15) is 0 Å². The molecule has 0 aliphatic heterocycles. The molecule has 0 unspecified atom stereocenters. The molecule has 0 aromatic heterocycles. The molecule has 0 bridgehead atoms. The predicted octanol–water partition coefficient (Wildman–Crippen LogP) is 1.51. The summed E-state index contributed by atoms with van der Waals surface area (Å²) in [6, 6.07) is 14.7. The molecule has 0 heterocycles. The van der Waals surface area contributed by atoms with Crippen LogP contribution in [0.1, 0.15) is 11.1 Å². The van der Waals surface area contributed by atoms with Crippen LogP contribution in [0.3, 0.4) is 0 Å². The molecule has 0 saturated carbocycles. The van der Waals surface area contributed by atoms with Crippen LogP contribution in [0, 0.1) is 0 Å². The summed E-state index contributed by atoms with van der Waals surface area (Å²) >= 11 is 0. The molecule has 2 amide bonds. The number of carbonyl (C=O) groups is 2. The van der Waals surface area contributed by atoms with Crippen LogP contribution in [-0.4, -0.2) is 38.8 Å². The minimum Gasteiger partial charge on any atom is -0.493 e. The fourth-order valence-electron chi connectivity index (χ4n) is 2.19. The zero-order chi connectivity index (χ0) is 18.8. The molecule has 7 nitrogen and oxygen atoms in total. The maximum atomic E-state index is 11.8. The van der Waals surface area contributed by atoms with Crippen LogP contribution in [0.2, 0.25) is 0 Å². The maximum absolute atomic E-state index is 11.8. The molecule has 0 saturated heterocycles. The molecule has 26 heavy (non-hydrogen) atoms. The van der Waals surface area contributed by atoms with Crippen LogP contribution in [0.5, 0.6) is 11.5 Å². The van der Waals surface area contributed by atoms with Crippen molar-refractivity contribution >= 4 is 18.0 Å². The average molecular weight is 355 g/mol. The predicted molar refractivity (Wildman–Crippen MR) is 98.4 cm³/mol. The first-order chi connectivity index (χ1) is 12.6. The number of hydrazone groups is 1. The van der Waals surface area contributed by atoms with Crippen LogP contribution < -0.4 is 20.2 Å². The third-order valence-corrected chi connectivity index (χ3v) is 3.53. The van der Waals surface area contributed by atoms with E-state index in [1.54, 1.807) is 20.3 Å². The van der Waals surface area contributed by atoms with Crippen LogP contribution >= 0.6 is 0 Å². The molecule has 0 aliphatic rings. The Morgan fingerprint density at radius 2 is 1.73 bits per heavy atom. The van der Waals surface area contributed by atoms with Gasteiger partial charge in [-0.25, -0.2) is 5.43 Å². The first kappa shape index (κ1) is 19.0. The minimum absolute atomic E-state index is 0.310. The summed E-state index contributed by atoms with van der Waals surface area (Å²) in [5, 5.41) is 6.30. The molecular formula is C19H21N3O4. The monoisotopic (exact) mass is 355 g/mol. The quantitative estimate of drug-likeness (QED) is 0.448. The van der Waals surface area contributed by atoms with Crippen molar-refractivity contribution in [3.05, 3.63) is 59.7 Å². The number of rotatable bonds is 7. The molecule has 136 valence electrons. The summed E-state index contributed by atoms with van der Waals surface area (Å²) in [4.78, 5) is 23.4. The molecule has 0 spiro atoms. The van der Waals surface area contributed by atoms with Crippen molar-refractivity contribution in [1.82, 2.24) is 10.7 Å². The Balaban J connectivity index is 1.77. The number of methoxy groups -OCH3 is 2. The number of nitrogens with one attached hydrogen (secondary N) is 2. The second-order valence-electron chi connectivity index (χ2n) is 5.31. The van der Waals surface area contributed by atoms with E-state index < -0.39 is 11.8 Å². The van der Waals surface area contributed by atoms with Crippen molar-refractivity contribution in [2.75, 3.05) is 20.8 Å². The summed E-state index contributed by atoms with van der Waals surface area (Å²) in [6.07, 6.45) is 2.02. The van der Waals surface area contributed by atoms with Crippen LogP contribution in [0.15, 0.2) is 53.6 Å². The normalized spacial score (nSPS) is 10.4. The maximum Gasteiger partial charge on any atom is 0.329 e. The molecule has 2 rings (SSSR count). The zero-order valence-electron chi connectivity index (χ0n) is 14.7. The van der Waals surface area contributed by atoms with E-state index in [1.807, 2.05) is 42.5 Å². The largest absolute Gasteiger partial charge is 0.493 e. The first-order valence-electron chi connectivity index (χ1n) is 8.01. The van der Waals surface area contributed by atoms with Crippen molar-refractivity contribution in [3.63, 3.8) is 0 Å². The Labute approximate surface area is 152 Å². The molecule has 7 heteroatoms. The summed E-state index contributed by atoms with van der Waals surface area (Å²) in [5.41, 5.74) is 3.97. The van der Waals surface area contributed by atoms with Crippen LogP contribution in [-0.2, 0) is 16.0 Å². The smallest absolute Gasteiger partial charge is 0.329 e. The summed E-state index contributed by atoms with van der Waals surface area (Å²) in [7, 11) is 3.13. The highest BCUT2D eigenvalue weighted by Crippen LogP contribution is 2.27. The Morgan fingerprint density at radius 1 is 1.00 bits per heavy atom. The van der Waals surface area contributed by atoms with Gasteiger partial charge < -0.3 is 14.8 Å². The van der Waals surface area contributed by atoms with Gasteiger partial charge in [0, 0.05) is 6.54 Å². The third-order valence-electron chi connectivity index (χ3n) is 3.53. The number of nitrogens with zero attached hydrogens (tertiary/aromatic N) is 1. The molecule has 2 N–H and O–H groups in total. The second kappa shape index (κ2) is 9.83. The van der Waals surface area contributed by atoms with E-state index in [4.69, 9.17) is 9.47 Å². The lowest BCUT2D eigenvalue weighted by Gasteiger charge is -2.09. The molecular weight excluding hydrogens is 334 g/mol. The van der Waals surface area contributed by atoms with Gasteiger partial charge in [-0.2, -0.15) is 5.10 Å². The van der Waals surface area contributed by atoms with Crippen molar-refractivity contribution in [2.45, 2.75) is 6.42 Å². The van der Waals surface area contributed by atoms with Gasteiger partial charge >= 0.3 is 11.8 Å². The van der Waals surface area contributed by atoms with E-state index in [9.17, 15) is 9.59 Å². The van der Waals surface area contributed by atoms with Crippen molar-refractivity contribution < 1.29 is 19.1 Å². The molecule has 0 radical (unpaired) electrons. The third kappa shape index (κ3) is 5.62. The van der Waals surface area contributed by atoms with E-state index in [1.165, 1.54) is 6.21 Å². The zero-order valence-corrected chi connectivity index (χ0v) is 14.7. The number of ether oxygens (including phenoxy) is 2. The molecule has 0 aliphatic carbocycles. The van der Waals surface area contributed by atoms with Gasteiger partial charge in [-0.05, 0) is 29.7 Å². The van der Waals surface area contributed by atoms with Gasteiger partial charge in [0.05, 0.1) is 20.4 Å². The summed E-state index contributed by atoms with van der Waals surface area (Å²) < 4.78 is 10.4. The molecule has 2 aromatic rings. The van der Waals surface area contributed by atoms with E-state index in [2.05, 4.69) is 15.8 Å². The van der Waals surface area contributed by atoms with Crippen molar-refractivity contribution in [3.8, 4) is 11.5 Å².